The predicted molar refractivity (Wildman–Crippen MR) is 129 cm³/mol. The summed E-state index contributed by atoms with van der Waals surface area (Å²) in [4.78, 5) is 30.7. The molecule has 20 heteroatoms. The van der Waals surface area contributed by atoms with E-state index in [1.807, 2.05) is 5.32 Å². The molecule has 3 amide bonds. The van der Waals surface area contributed by atoms with Crippen LogP contribution in [0.2, 0.25) is 0 Å². The third-order valence-corrected chi connectivity index (χ3v) is 7.59. The average molecular weight is 640 g/mol. The monoisotopic (exact) mass is 640 g/mol. The molecule has 3 atom stereocenters. The number of ether oxygens (including phenoxy) is 1. The Kier molecular flexibility index (Phi) is 8.14. The summed E-state index contributed by atoms with van der Waals surface area (Å²) in [6.45, 7) is -0.899. The number of methoxy groups -OCH3 is 1. The van der Waals surface area contributed by atoms with E-state index in [-0.39, 0.29) is 36.4 Å². The first kappa shape index (κ1) is 31.3. The molecule has 1 aliphatic heterocycles. The lowest BCUT2D eigenvalue weighted by Crippen LogP contribution is -2.40. The van der Waals surface area contributed by atoms with Crippen molar-refractivity contribution in [3.05, 3.63) is 41.1 Å². The lowest BCUT2D eigenvalue weighted by molar-refractivity contribution is -0.150. The number of fused-ring (bicyclic) bond motifs is 1. The zero-order valence-corrected chi connectivity index (χ0v) is 22.6. The molecule has 5 rings (SSSR count). The van der Waals surface area contributed by atoms with Crippen LogP contribution in [0.15, 0.2) is 23.1 Å². The first-order valence-electron chi connectivity index (χ1n) is 13.1. The van der Waals surface area contributed by atoms with Crippen molar-refractivity contribution in [2.45, 2.75) is 62.1 Å². The van der Waals surface area contributed by atoms with Crippen molar-refractivity contribution in [1.29, 1.82) is 0 Å². The summed E-state index contributed by atoms with van der Waals surface area (Å²) in [6, 6.07) is -3.86. The van der Waals surface area contributed by atoms with Gasteiger partial charge in [-0.2, -0.15) is 31.4 Å². The lowest BCUT2D eigenvalue weighted by Gasteiger charge is -2.33. The summed E-state index contributed by atoms with van der Waals surface area (Å²) in [5.41, 5.74) is -2.44. The number of alkyl halides is 8. The molecule has 3 aromatic rings. The highest BCUT2D eigenvalue weighted by atomic mass is 19.4. The van der Waals surface area contributed by atoms with Crippen LogP contribution in [0.4, 0.5) is 39.9 Å². The molecular weight excluding hydrogens is 616 g/mol. The standard InChI is InChI=1S/C24H24F8N8O4/c1-43-10-14(39-9-15(23(27,28)29)35-21(39)42)12-6-16-34-13(8-40(16)33-7-12)17(11-2-4-22(25,26)5-3-11)36-20(41)18-19(24(30,31)32)38-44-37-18/h6-8,11,14-15,17H,2-5,9-10H2,1H3,(H,35,42)(H,36,41)/t14?,15-,17?/m0/s1. The van der Waals surface area contributed by atoms with Crippen molar-refractivity contribution in [2.75, 3.05) is 20.3 Å². The van der Waals surface area contributed by atoms with E-state index >= 15 is 0 Å². The van der Waals surface area contributed by atoms with Gasteiger partial charge < -0.3 is 20.3 Å². The number of nitrogens with zero attached hydrogens (tertiary/aromatic N) is 6. The molecule has 2 aliphatic rings. The van der Waals surface area contributed by atoms with Crippen molar-refractivity contribution in [3.8, 4) is 0 Å². The van der Waals surface area contributed by atoms with Gasteiger partial charge in [0.25, 0.3) is 5.91 Å². The second-order valence-electron chi connectivity index (χ2n) is 10.5. The Labute approximate surface area is 242 Å². The van der Waals surface area contributed by atoms with Crippen LogP contribution in [-0.2, 0) is 10.9 Å². The Bertz CT molecular complexity index is 1510. The molecule has 240 valence electrons. The molecule has 2 unspecified atom stereocenters. The number of imidazole rings is 1. The van der Waals surface area contributed by atoms with Gasteiger partial charge in [-0.1, -0.05) is 0 Å². The smallest absolute Gasteiger partial charge is 0.382 e. The fourth-order valence-electron chi connectivity index (χ4n) is 5.34. The SMILES string of the molecule is COCC(c1cnn2cc(C(NC(=O)c3nonc3C(F)(F)F)C3CCC(F)(F)CC3)nc2c1)N1C[C@@H](C(F)(F)F)NC1=O. The highest BCUT2D eigenvalue weighted by Gasteiger charge is 2.49. The highest BCUT2D eigenvalue weighted by molar-refractivity contribution is 5.93. The van der Waals surface area contributed by atoms with Gasteiger partial charge in [0.15, 0.2) is 5.65 Å². The second kappa shape index (κ2) is 11.4. The molecule has 0 bridgehead atoms. The van der Waals surface area contributed by atoms with Crippen LogP contribution in [0.1, 0.15) is 65.2 Å². The van der Waals surface area contributed by atoms with E-state index < -0.39 is 85.0 Å². The van der Waals surface area contributed by atoms with Crippen LogP contribution >= 0.6 is 0 Å². The summed E-state index contributed by atoms with van der Waals surface area (Å²) in [5, 5.41) is 14.3. The van der Waals surface area contributed by atoms with Crippen LogP contribution in [0, 0.1) is 5.92 Å². The van der Waals surface area contributed by atoms with Gasteiger partial charge in [-0.05, 0) is 35.1 Å². The molecule has 12 nitrogen and oxygen atoms in total. The third-order valence-electron chi connectivity index (χ3n) is 7.59. The summed E-state index contributed by atoms with van der Waals surface area (Å²) in [5.74, 6) is -4.96. The minimum absolute atomic E-state index is 0.0579. The number of nitrogens with one attached hydrogen (secondary N) is 2. The maximum Gasteiger partial charge on any atom is 0.439 e. The average Bonchev–Trinajstić information content (AvgIpc) is 3.68. The minimum Gasteiger partial charge on any atom is -0.382 e. The van der Waals surface area contributed by atoms with Crippen molar-refractivity contribution in [3.63, 3.8) is 0 Å². The van der Waals surface area contributed by atoms with Gasteiger partial charge in [0.05, 0.1) is 43.3 Å². The van der Waals surface area contributed by atoms with Gasteiger partial charge in [0.2, 0.25) is 17.3 Å². The zero-order valence-electron chi connectivity index (χ0n) is 22.6. The van der Waals surface area contributed by atoms with Crippen LogP contribution in [0.25, 0.3) is 5.65 Å². The summed E-state index contributed by atoms with van der Waals surface area (Å²) < 4.78 is 118. The van der Waals surface area contributed by atoms with Gasteiger partial charge >= 0.3 is 18.4 Å². The van der Waals surface area contributed by atoms with E-state index in [1.54, 1.807) is 0 Å². The largest absolute Gasteiger partial charge is 0.439 e. The number of urea groups is 1. The molecule has 0 radical (unpaired) electrons. The van der Waals surface area contributed by atoms with Crippen LogP contribution in [-0.4, -0.2) is 80.2 Å². The van der Waals surface area contributed by atoms with Gasteiger partial charge in [-0.15, -0.1) is 0 Å². The van der Waals surface area contributed by atoms with Gasteiger partial charge in [-0.3, -0.25) is 4.79 Å². The Morgan fingerprint density at radius 3 is 2.52 bits per heavy atom. The molecule has 4 heterocycles. The van der Waals surface area contributed by atoms with E-state index in [0.29, 0.717) is 0 Å². The highest BCUT2D eigenvalue weighted by Crippen LogP contribution is 2.42. The number of carbonyl (C=O) groups excluding carboxylic acids is 2. The van der Waals surface area contributed by atoms with Gasteiger partial charge in [0, 0.05) is 25.5 Å². The lowest BCUT2D eigenvalue weighted by atomic mass is 9.81. The van der Waals surface area contributed by atoms with E-state index in [2.05, 4.69) is 30.3 Å². The molecular formula is C24H24F8N8O4. The Morgan fingerprint density at radius 1 is 1.20 bits per heavy atom. The number of hydrogen-bond acceptors (Lipinski definition) is 8. The van der Waals surface area contributed by atoms with Crippen molar-refractivity contribution < 1.29 is 54.1 Å². The normalized spacial score (nSPS) is 21.0. The van der Waals surface area contributed by atoms with Crippen LogP contribution in [0.5, 0.6) is 0 Å². The van der Waals surface area contributed by atoms with Crippen LogP contribution in [0.3, 0.4) is 0 Å². The van der Waals surface area contributed by atoms with Crippen molar-refractivity contribution in [2.24, 2.45) is 5.92 Å². The maximum absolute atomic E-state index is 13.9. The first-order valence-corrected chi connectivity index (χ1v) is 13.1. The minimum atomic E-state index is -5.07. The summed E-state index contributed by atoms with van der Waals surface area (Å²) >= 11 is 0. The molecule has 44 heavy (non-hydrogen) atoms. The zero-order chi connectivity index (χ0) is 32.0. The molecule has 1 aliphatic carbocycles. The Hall–Kier alpha value is -4.10. The first-order chi connectivity index (χ1) is 20.6. The predicted octanol–water partition coefficient (Wildman–Crippen LogP) is 4.07. The topological polar surface area (TPSA) is 140 Å². The number of rotatable bonds is 8. The number of amides is 3. The van der Waals surface area contributed by atoms with Crippen molar-refractivity contribution >= 4 is 17.6 Å². The molecule has 3 aromatic heterocycles. The van der Waals surface area contributed by atoms with E-state index in [9.17, 15) is 44.7 Å². The number of halogens is 8. The molecule has 1 saturated carbocycles. The van der Waals surface area contributed by atoms with E-state index in [0.717, 1.165) is 4.90 Å². The Morgan fingerprint density at radius 2 is 1.91 bits per heavy atom. The summed E-state index contributed by atoms with van der Waals surface area (Å²) in [6.07, 6.45) is -8.43. The fraction of sp³-hybridized carbons (Fsp3) is 0.583. The number of carbonyl (C=O) groups is 2. The molecule has 2 N–H and O–H groups in total. The van der Waals surface area contributed by atoms with E-state index in [4.69, 9.17) is 4.74 Å². The molecule has 0 spiro atoms. The number of aromatic nitrogens is 5. The van der Waals surface area contributed by atoms with Gasteiger partial charge in [-0.25, -0.2) is 27.7 Å². The third kappa shape index (κ3) is 6.39. The molecule has 0 aromatic carbocycles. The van der Waals surface area contributed by atoms with E-state index in [1.165, 1.54) is 30.1 Å². The molecule has 1 saturated heterocycles. The summed E-state index contributed by atoms with van der Waals surface area (Å²) in [7, 11) is 1.29. The Balaban J connectivity index is 1.46. The maximum atomic E-state index is 13.9. The van der Waals surface area contributed by atoms with Gasteiger partial charge in [0.1, 0.15) is 6.04 Å². The quantitative estimate of drug-likeness (QED) is 0.352. The van der Waals surface area contributed by atoms with Crippen molar-refractivity contribution in [1.82, 2.24) is 40.4 Å². The second-order valence-corrected chi connectivity index (χ2v) is 10.5. The number of hydrogen-bond donors (Lipinski definition) is 2. The van der Waals surface area contributed by atoms with Crippen LogP contribution < -0.4 is 10.6 Å². The molecule has 2 fully saturated rings. The fourth-order valence-corrected chi connectivity index (χ4v) is 5.34.